The lowest BCUT2D eigenvalue weighted by atomic mass is 10.0. The van der Waals surface area contributed by atoms with Crippen LogP contribution in [0.1, 0.15) is 12.8 Å². The number of anilines is 2. The number of fused-ring (bicyclic) bond motifs is 1. The summed E-state index contributed by atoms with van der Waals surface area (Å²) in [5.74, 6) is 0.319. The summed E-state index contributed by atoms with van der Waals surface area (Å²) in [4.78, 5) is 8.93. The van der Waals surface area contributed by atoms with E-state index in [4.69, 9.17) is 5.73 Å². The van der Waals surface area contributed by atoms with Crippen molar-refractivity contribution in [3.8, 4) is 0 Å². The van der Waals surface area contributed by atoms with Crippen LogP contribution in [0.3, 0.4) is 0 Å². The van der Waals surface area contributed by atoms with E-state index in [2.05, 4.69) is 40.0 Å². The number of rotatable bonds is 2. The highest BCUT2D eigenvalue weighted by atomic mass is 15.3. The van der Waals surface area contributed by atoms with E-state index >= 15 is 0 Å². The molecular weight excluding hydrogens is 240 g/mol. The summed E-state index contributed by atoms with van der Waals surface area (Å²) in [5, 5.41) is 4.09. The second-order valence-corrected chi connectivity index (χ2v) is 5.30. The van der Waals surface area contributed by atoms with E-state index in [1.807, 2.05) is 12.3 Å². The Morgan fingerprint density at radius 3 is 2.84 bits per heavy atom. The number of pyridine rings is 1. The summed E-state index contributed by atoms with van der Waals surface area (Å²) >= 11 is 0. The van der Waals surface area contributed by atoms with Gasteiger partial charge in [-0.2, -0.15) is 4.98 Å². The van der Waals surface area contributed by atoms with Crippen molar-refractivity contribution in [3.05, 3.63) is 18.3 Å². The maximum Gasteiger partial charge on any atom is 0.240 e. The van der Waals surface area contributed by atoms with E-state index in [-0.39, 0.29) is 0 Å². The molecule has 0 bridgehead atoms. The number of aromatic nitrogens is 3. The van der Waals surface area contributed by atoms with Gasteiger partial charge in [-0.3, -0.25) is 0 Å². The van der Waals surface area contributed by atoms with Gasteiger partial charge < -0.3 is 15.5 Å². The van der Waals surface area contributed by atoms with Crippen molar-refractivity contribution in [3.63, 3.8) is 0 Å². The molecule has 1 aliphatic heterocycles. The second-order valence-electron chi connectivity index (χ2n) is 5.30. The van der Waals surface area contributed by atoms with Crippen LogP contribution in [0.25, 0.3) is 5.65 Å². The van der Waals surface area contributed by atoms with Crippen LogP contribution in [0.2, 0.25) is 0 Å². The normalized spacial score (nSPS) is 18.0. The predicted octanol–water partition coefficient (Wildman–Crippen LogP) is 0.842. The minimum absolute atomic E-state index is 0.319. The SMILES string of the molecule is CN1CCC(N(C)c2ccn3nc(N)nc3c2)CC1. The third kappa shape index (κ3) is 2.35. The van der Waals surface area contributed by atoms with Gasteiger partial charge in [-0.15, -0.1) is 5.10 Å². The van der Waals surface area contributed by atoms with Crippen LogP contribution in [-0.2, 0) is 0 Å². The van der Waals surface area contributed by atoms with Crippen LogP contribution < -0.4 is 10.6 Å². The largest absolute Gasteiger partial charge is 0.371 e. The molecule has 0 spiro atoms. The molecule has 3 heterocycles. The van der Waals surface area contributed by atoms with E-state index < -0.39 is 0 Å². The summed E-state index contributed by atoms with van der Waals surface area (Å²) in [7, 11) is 4.34. The fourth-order valence-electron chi connectivity index (χ4n) is 2.70. The number of nitrogen functional groups attached to an aromatic ring is 1. The van der Waals surface area contributed by atoms with Gasteiger partial charge in [0.1, 0.15) is 0 Å². The Kier molecular flexibility index (Phi) is 3.02. The molecule has 1 saturated heterocycles. The maximum atomic E-state index is 5.61. The van der Waals surface area contributed by atoms with Gasteiger partial charge in [-0.05, 0) is 39.0 Å². The Hall–Kier alpha value is -1.82. The highest BCUT2D eigenvalue weighted by Gasteiger charge is 2.21. The first-order chi connectivity index (χ1) is 9.13. The molecule has 0 radical (unpaired) electrons. The van der Waals surface area contributed by atoms with E-state index in [1.165, 1.54) is 18.5 Å². The van der Waals surface area contributed by atoms with Crippen molar-refractivity contribution >= 4 is 17.3 Å². The van der Waals surface area contributed by atoms with E-state index in [9.17, 15) is 0 Å². The van der Waals surface area contributed by atoms with Crippen LogP contribution in [-0.4, -0.2) is 52.7 Å². The minimum Gasteiger partial charge on any atom is -0.371 e. The van der Waals surface area contributed by atoms with Crippen LogP contribution in [0.15, 0.2) is 18.3 Å². The van der Waals surface area contributed by atoms with Crippen molar-refractivity contribution in [2.24, 2.45) is 0 Å². The first-order valence-corrected chi connectivity index (χ1v) is 6.67. The first kappa shape index (κ1) is 12.2. The number of hydrogen-bond donors (Lipinski definition) is 1. The van der Waals surface area contributed by atoms with E-state index in [1.54, 1.807) is 4.52 Å². The van der Waals surface area contributed by atoms with Gasteiger partial charge in [0.05, 0.1) is 0 Å². The lowest BCUT2D eigenvalue weighted by molar-refractivity contribution is 0.253. The quantitative estimate of drug-likeness (QED) is 0.867. The Morgan fingerprint density at radius 1 is 1.37 bits per heavy atom. The Morgan fingerprint density at radius 2 is 2.11 bits per heavy atom. The summed E-state index contributed by atoms with van der Waals surface area (Å²) in [6.45, 7) is 2.32. The molecule has 0 unspecified atom stereocenters. The molecule has 19 heavy (non-hydrogen) atoms. The van der Waals surface area contributed by atoms with Gasteiger partial charge in [0, 0.05) is 31.0 Å². The average Bonchev–Trinajstić information content (AvgIpc) is 2.77. The molecule has 0 aromatic carbocycles. The molecule has 2 aromatic rings. The molecule has 3 rings (SSSR count). The number of likely N-dealkylation sites (tertiary alicyclic amines) is 1. The van der Waals surface area contributed by atoms with E-state index in [0.717, 1.165) is 18.7 Å². The Balaban J connectivity index is 1.82. The smallest absolute Gasteiger partial charge is 0.240 e. The lowest BCUT2D eigenvalue weighted by Crippen LogP contribution is -2.42. The Labute approximate surface area is 112 Å². The zero-order chi connectivity index (χ0) is 13.4. The van der Waals surface area contributed by atoms with Crippen molar-refractivity contribution in [2.45, 2.75) is 18.9 Å². The summed E-state index contributed by atoms with van der Waals surface area (Å²) < 4.78 is 1.71. The molecule has 6 heteroatoms. The molecule has 0 aliphatic carbocycles. The maximum absolute atomic E-state index is 5.61. The number of nitrogens with zero attached hydrogens (tertiary/aromatic N) is 5. The van der Waals surface area contributed by atoms with Crippen LogP contribution >= 0.6 is 0 Å². The molecule has 2 N–H and O–H groups in total. The molecule has 6 nitrogen and oxygen atoms in total. The van der Waals surface area contributed by atoms with Crippen molar-refractivity contribution in [1.82, 2.24) is 19.5 Å². The summed E-state index contributed by atoms with van der Waals surface area (Å²) in [6, 6.07) is 4.71. The molecule has 1 fully saturated rings. The number of hydrogen-bond acceptors (Lipinski definition) is 5. The fourth-order valence-corrected chi connectivity index (χ4v) is 2.70. The van der Waals surface area contributed by atoms with Crippen molar-refractivity contribution in [2.75, 3.05) is 37.8 Å². The monoisotopic (exact) mass is 260 g/mol. The predicted molar refractivity (Wildman–Crippen MR) is 76.3 cm³/mol. The van der Waals surface area contributed by atoms with Crippen LogP contribution in [0.4, 0.5) is 11.6 Å². The zero-order valence-electron chi connectivity index (χ0n) is 11.5. The standard InChI is InChI=1S/C13H20N6/c1-17-6-3-10(4-7-17)18(2)11-5-8-19-12(9-11)15-13(14)16-19/h5,8-10H,3-4,6-7H2,1-2H3,(H2,14,16). The third-order valence-corrected chi connectivity index (χ3v) is 3.98. The van der Waals surface area contributed by atoms with Gasteiger partial charge in [0.2, 0.25) is 5.95 Å². The Bertz CT molecular complexity index is 570. The average molecular weight is 260 g/mol. The molecular formula is C13H20N6. The summed E-state index contributed by atoms with van der Waals surface area (Å²) in [5.41, 5.74) is 7.59. The third-order valence-electron chi connectivity index (χ3n) is 3.98. The fraction of sp³-hybridized carbons (Fsp3) is 0.538. The van der Waals surface area contributed by atoms with Crippen molar-refractivity contribution < 1.29 is 0 Å². The van der Waals surface area contributed by atoms with Gasteiger partial charge >= 0.3 is 0 Å². The molecule has 2 aromatic heterocycles. The first-order valence-electron chi connectivity index (χ1n) is 6.67. The van der Waals surface area contributed by atoms with Gasteiger partial charge in [0.15, 0.2) is 5.65 Å². The zero-order valence-corrected chi connectivity index (χ0v) is 11.5. The van der Waals surface area contributed by atoms with Crippen LogP contribution in [0.5, 0.6) is 0 Å². The number of nitrogens with two attached hydrogens (primary N) is 1. The van der Waals surface area contributed by atoms with Gasteiger partial charge in [-0.1, -0.05) is 0 Å². The van der Waals surface area contributed by atoms with Crippen molar-refractivity contribution in [1.29, 1.82) is 0 Å². The molecule has 0 atom stereocenters. The topological polar surface area (TPSA) is 62.7 Å². The molecule has 102 valence electrons. The number of piperidine rings is 1. The lowest BCUT2D eigenvalue weighted by Gasteiger charge is -2.36. The summed E-state index contributed by atoms with van der Waals surface area (Å²) in [6.07, 6.45) is 4.32. The second kappa shape index (κ2) is 4.70. The highest BCUT2D eigenvalue weighted by molar-refractivity contribution is 5.57. The molecule has 0 saturated carbocycles. The van der Waals surface area contributed by atoms with Crippen LogP contribution in [0, 0.1) is 0 Å². The molecule has 1 aliphatic rings. The minimum atomic E-state index is 0.319. The van der Waals surface area contributed by atoms with Gasteiger partial charge in [-0.25, -0.2) is 4.52 Å². The van der Waals surface area contributed by atoms with Gasteiger partial charge in [0.25, 0.3) is 0 Å². The molecule has 0 amide bonds. The highest BCUT2D eigenvalue weighted by Crippen LogP contribution is 2.22. The van der Waals surface area contributed by atoms with E-state index in [0.29, 0.717) is 12.0 Å².